The normalized spacial score (nSPS) is 28.2. The summed E-state index contributed by atoms with van der Waals surface area (Å²) in [5.74, 6) is -2.75. The summed E-state index contributed by atoms with van der Waals surface area (Å²) < 4.78 is 27.6. The first-order valence-electron chi connectivity index (χ1n) is 16.6. The summed E-state index contributed by atoms with van der Waals surface area (Å²) in [7, 11) is -2.09. The first-order chi connectivity index (χ1) is 22.7. The third-order valence-corrected chi connectivity index (χ3v) is 11.9. The minimum atomic E-state index is -3.81. The highest BCUT2D eigenvalue weighted by molar-refractivity contribution is 7.91. The minimum absolute atomic E-state index is 0.152. The molecule has 0 spiro atoms. The third kappa shape index (κ3) is 6.25. The van der Waals surface area contributed by atoms with Crippen molar-refractivity contribution in [1.29, 1.82) is 0 Å². The molecule has 0 bridgehead atoms. The van der Waals surface area contributed by atoms with Gasteiger partial charge in [-0.3, -0.25) is 19.1 Å². The summed E-state index contributed by atoms with van der Waals surface area (Å²) in [6.45, 7) is 0.536. The van der Waals surface area contributed by atoms with E-state index in [0.717, 1.165) is 43.2 Å². The molecule has 3 amide bonds. The zero-order chi connectivity index (χ0) is 32.8. The van der Waals surface area contributed by atoms with Crippen LogP contribution in [-0.4, -0.2) is 67.2 Å². The molecule has 246 valence electrons. The number of likely N-dealkylation sites (N-methyl/N-ethyl adjacent to an activating group) is 1. The molecule has 1 aliphatic heterocycles. The van der Waals surface area contributed by atoms with Gasteiger partial charge >= 0.3 is 0 Å². The van der Waals surface area contributed by atoms with Crippen molar-refractivity contribution in [1.82, 2.24) is 14.9 Å². The fourth-order valence-electron chi connectivity index (χ4n) is 7.02. The molecule has 11 heteroatoms. The Morgan fingerprint density at radius 3 is 2.38 bits per heavy atom. The molecule has 5 aliphatic rings. The fraction of sp³-hybridized carbons (Fsp3) is 0.444. The van der Waals surface area contributed by atoms with Crippen LogP contribution < -0.4 is 10.0 Å². The molecule has 0 radical (unpaired) electrons. The molecule has 4 atom stereocenters. The number of nitrogens with zero attached hydrogens (tertiary/aromatic N) is 2. The summed E-state index contributed by atoms with van der Waals surface area (Å²) in [6, 6.07) is 16.2. The lowest BCUT2D eigenvalue weighted by Crippen LogP contribution is -2.54. The standard InChI is InChI=1S/C36H40N4O6S/c1-40-19-9-3-2-4-12-25-22-36(25,35(43)39-47(44,45)27-17-18-27)37-33(41)30-20-26(21-31(30)34(40)42)46-38-32-28-13-7-5-10-23(28)15-16-24-11-6-8-14-29(24)32/h4-8,10-14,21,25-27,30H,2-3,9,15-20,22H2,1H3,(H,37,41)(H,39,43)/b12-4-/t25-,26+,30+,36+/m0/s1. The van der Waals surface area contributed by atoms with E-state index in [0.29, 0.717) is 30.7 Å². The van der Waals surface area contributed by atoms with Crippen LogP contribution in [0.15, 0.2) is 77.5 Å². The zero-order valence-electron chi connectivity index (χ0n) is 26.5. The second-order valence-corrected chi connectivity index (χ2v) is 15.4. The van der Waals surface area contributed by atoms with Crippen LogP contribution in [0.2, 0.25) is 0 Å². The van der Waals surface area contributed by atoms with E-state index in [1.54, 1.807) is 18.0 Å². The quantitative estimate of drug-likeness (QED) is 0.374. The molecule has 2 aromatic rings. The predicted octanol–water partition coefficient (Wildman–Crippen LogP) is 3.55. The number of fused-ring (bicyclic) bond motifs is 4. The topological polar surface area (TPSA) is 134 Å². The monoisotopic (exact) mass is 656 g/mol. The van der Waals surface area contributed by atoms with Crippen LogP contribution in [0.25, 0.3) is 0 Å². The van der Waals surface area contributed by atoms with Gasteiger partial charge in [-0.05, 0) is 68.6 Å². The number of carbonyl (C=O) groups excluding carboxylic acids is 3. The molecule has 10 nitrogen and oxygen atoms in total. The average molecular weight is 657 g/mol. The maximum Gasteiger partial charge on any atom is 0.259 e. The van der Waals surface area contributed by atoms with Gasteiger partial charge in [0.2, 0.25) is 21.8 Å². The minimum Gasteiger partial charge on any atom is -0.388 e. The van der Waals surface area contributed by atoms with Gasteiger partial charge in [0.25, 0.3) is 5.91 Å². The summed E-state index contributed by atoms with van der Waals surface area (Å²) >= 11 is 0. The lowest BCUT2D eigenvalue weighted by Gasteiger charge is -2.24. The van der Waals surface area contributed by atoms with Gasteiger partial charge in [0, 0.05) is 42.6 Å². The Balaban J connectivity index is 1.18. The third-order valence-electron chi connectivity index (χ3n) is 10.1. The van der Waals surface area contributed by atoms with Crippen molar-refractivity contribution >= 4 is 33.5 Å². The van der Waals surface area contributed by atoms with Crippen molar-refractivity contribution in [3.8, 4) is 0 Å². The molecular weight excluding hydrogens is 616 g/mol. The van der Waals surface area contributed by atoms with E-state index in [-0.39, 0.29) is 24.7 Å². The highest BCUT2D eigenvalue weighted by atomic mass is 32.2. The summed E-state index contributed by atoms with van der Waals surface area (Å²) in [4.78, 5) is 49.1. The molecule has 2 fully saturated rings. The molecule has 47 heavy (non-hydrogen) atoms. The van der Waals surface area contributed by atoms with Gasteiger partial charge in [-0.1, -0.05) is 65.8 Å². The molecular formula is C36H40N4O6S. The molecule has 0 aromatic heterocycles. The van der Waals surface area contributed by atoms with Crippen LogP contribution in [0.1, 0.15) is 67.2 Å². The maximum absolute atomic E-state index is 14.0. The largest absolute Gasteiger partial charge is 0.388 e. The maximum atomic E-state index is 14.0. The molecule has 1 heterocycles. The zero-order valence-corrected chi connectivity index (χ0v) is 27.3. The Hall–Kier alpha value is -4.25. The molecule has 7 rings (SSSR count). The van der Waals surface area contributed by atoms with Gasteiger partial charge in [0.15, 0.2) is 0 Å². The Labute approximate surface area is 275 Å². The Morgan fingerprint density at radius 1 is 1.02 bits per heavy atom. The number of sulfonamides is 1. The summed E-state index contributed by atoms with van der Waals surface area (Å²) in [5.41, 5.74) is 3.91. The number of amides is 3. The van der Waals surface area contributed by atoms with Crippen molar-refractivity contribution in [2.45, 2.75) is 74.7 Å². The first kappa shape index (κ1) is 31.4. The molecule has 2 aromatic carbocycles. The van der Waals surface area contributed by atoms with Crippen molar-refractivity contribution < 1.29 is 27.6 Å². The Morgan fingerprint density at radius 2 is 1.70 bits per heavy atom. The lowest BCUT2D eigenvalue weighted by molar-refractivity contribution is -0.133. The highest BCUT2D eigenvalue weighted by Crippen LogP contribution is 2.46. The second-order valence-electron chi connectivity index (χ2n) is 13.4. The highest BCUT2D eigenvalue weighted by Gasteiger charge is 2.61. The molecule has 0 unspecified atom stereocenters. The summed E-state index contributed by atoms with van der Waals surface area (Å²) in [6.07, 6.45) is 10.5. The molecule has 2 N–H and O–H groups in total. The second kappa shape index (κ2) is 12.4. The Kier molecular flexibility index (Phi) is 8.28. The number of aryl methyl sites for hydroxylation is 2. The lowest BCUT2D eigenvalue weighted by atomic mass is 9.97. The van der Waals surface area contributed by atoms with Crippen LogP contribution in [-0.2, 0) is 42.1 Å². The van der Waals surface area contributed by atoms with Crippen molar-refractivity contribution in [3.05, 3.63) is 94.6 Å². The van der Waals surface area contributed by atoms with Crippen molar-refractivity contribution in [2.24, 2.45) is 17.0 Å². The number of hydrogen-bond acceptors (Lipinski definition) is 7. The van der Waals surface area contributed by atoms with Crippen LogP contribution in [0, 0.1) is 11.8 Å². The average Bonchev–Trinajstić information content (AvgIpc) is 3.99. The number of allylic oxidation sites excluding steroid dienone is 1. The van der Waals surface area contributed by atoms with E-state index in [1.807, 2.05) is 48.6 Å². The molecule has 0 saturated heterocycles. The predicted molar refractivity (Wildman–Crippen MR) is 177 cm³/mol. The molecule has 4 aliphatic carbocycles. The van der Waals surface area contributed by atoms with Crippen molar-refractivity contribution in [3.63, 3.8) is 0 Å². The van der Waals surface area contributed by atoms with Gasteiger partial charge in [-0.15, -0.1) is 0 Å². The van der Waals surface area contributed by atoms with Gasteiger partial charge in [-0.2, -0.15) is 0 Å². The van der Waals surface area contributed by atoms with E-state index in [9.17, 15) is 22.8 Å². The van der Waals surface area contributed by atoms with Gasteiger partial charge < -0.3 is 15.1 Å². The van der Waals surface area contributed by atoms with Crippen molar-refractivity contribution in [2.75, 3.05) is 13.6 Å². The summed E-state index contributed by atoms with van der Waals surface area (Å²) in [5, 5.41) is 7.00. The smallest absolute Gasteiger partial charge is 0.259 e. The van der Waals surface area contributed by atoms with E-state index in [1.165, 1.54) is 11.1 Å². The molecule has 2 saturated carbocycles. The van der Waals surface area contributed by atoms with Crippen LogP contribution >= 0.6 is 0 Å². The number of nitrogens with one attached hydrogen (secondary N) is 2. The first-order valence-corrected chi connectivity index (χ1v) is 18.1. The SMILES string of the molecule is CN1CCCC/C=C\[C@H]2C[C@@]2(C(=O)NS(=O)(=O)C2CC2)NC(=O)[C@@H]2C[C@@H](ON=C3c4ccccc4CCc4ccccc43)C=C2C1=O. The number of hydrogen-bond donors (Lipinski definition) is 2. The van der Waals surface area contributed by atoms with Gasteiger partial charge in [-0.25, -0.2) is 8.42 Å². The number of carbonyl (C=O) groups is 3. The van der Waals surface area contributed by atoms with E-state index in [2.05, 4.69) is 27.3 Å². The number of benzene rings is 2. The van der Waals surface area contributed by atoms with Crippen LogP contribution in [0.4, 0.5) is 0 Å². The van der Waals surface area contributed by atoms with E-state index < -0.39 is 44.6 Å². The van der Waals surface area contributed by atoms with E-state index >= 15 is 0 Å². The Bertz CT molecular complexity index is 1760. The fourth-order valence-corrected chi connectivity index (χ4v) is 8.39. The van der Waals surface area contributed by atoms with E-state index in [4.69, 9.17) is 4.84 Å². The van der Waals surface area contributed by atoms with Crippen LogP contribution in [0.5, 0.6) is 0 Å². The van der Waals surface area contributed by atoms with Gasteiger partial charge in [0.05, 0.1) is 11.2 Å². The van der Waals surface area contributed by atoms with Gasteiger partial charge in [0.1, 0.15) is 17.4 Å². The van der Waals surface area contributed by atoms with Crippen LogP contribution in [0.3, 0.4) is 0 Å². The number of rotatable bonds is 5. The number of oxime groups is 1.